The summed E-state index contributed by atoms with van der Waals surface area (Å²) in [5, 5.41) is 0. The highest BCUT2D eigenvalue weighted by Gasteiger charge is 2.32. The Kier molecular flexibility index (Phi) is 5.86. The first-order valence-corrected chi connectivity index (χ1v) is 10.1. The summed E-state index contributed by atoms with van der Waals surface area (Å²) in [6.45, 7) is 6.87. The van der Waals surface area contributed by atoms with Crippen LogP contribution in [0.4, 0.5) is 0 Å². The molecule has 5 nitrogen and oxygen atoms in total. The molecule has 0 spiro atoms. The van der Waals surface area contributed by atoms with E-state index in [0.717, 1.165) is 68.6 Å². The number of nitrogens with zero attached hydrogens (tertiary/aromatic N) is 3. The van der Waals surface area contributed by atoms with Crippen LogP contribution in [0.25, 0.3) is 0 Å². The third-order valence-corrected chi connectivity index (χ3v) is 6.16. The zero-order valence-corrected chi connectivity index (χ0v) is 16.8. The second-order valence-corrected chi connectivity index (χ2v) is 8.09. The second kappa shape index (κ2) is 7.95. The number of carbonyl (C=O) groups is 2. The van der Waals surface area contributed by atoms with Crippen molar-refractivity contribution in [3.05, 3.63) is 22.5 Å². The van der Waals surface area contributed by atoms with Crippen LogP contribution < -0.4 is 0 Å². The number of likely N-dealkylation sites (tertiary alicyclic amines) is 1. The van der Waals surface area contributed by atoms with E-state index in [1.54, 1.807) is 0 Å². The van der Waals surface area contributed by atoms with Gasteiger partial charge in [-0.15, -0.1) is 0 Å². The fourth-order valence-electron chi connectivity index (χ4n) is 4.47. The van der Waals surface area contributed by atoms with E-state index in [1.165, 1.54) is 5.69 Å². The smallest absolute Gasteiger partial charge is 0.227 e. The Morgan fingerprint density at radius 3 is 2.69 bits per heavy atom. The van der Waals surface area contributed by atoms with Gasteiger partial charge in [0.25, 0.3) is 0 Å². The van der Waals surface area contributed by atoms with Gasteiger partial charge in [-0.2, -0.15) is 0 Å². The molecule has 0 bridgehead atoms. The monoisotopic (exact) mass is 359 g/mol. The summed E-state index contributed by atoms with van der Waals surface area (Å²) in [6.07, 6.45) is 6.18. The first kappa shape index (κ1) is 19.2. The van der Waals surface area contributed by atoms with Crippen LogP contribution in [0.15, 0.2) is 0 Å². The Bertz CT molecular complexity index is 690. The second-order valence-electron chi connectivity index (χ2n) is 8.09. The van der Waals surface area contributed by atoms with Crippen molar-refractivity contribution in [3.63, 3.8) is 0 Å². The number of likely N-dealkylation sites (N-methyl/N-ethyl adjacent to an activating group) is 1. The molecule has 5 heteroatoms. The van der Waals surface area contributed by atoms with Crippen molar-refractivity contribution in [1.82, 2.24) is 14.4 Å². The average Bonchev–Trinajstić information content (AvgIpc) is 3.19. The predicted octanol–water partition coefficient (Wildman–Crippen LogP) is 2.82. The van der Waals surface area contributed by atoms with Crippen LogP contribution in [0.1, 0.15) is 66.3 Å². The molecule has 0 saturated carbocycles. The Hall–Kier alpha value is -1.62. The topological polar surface area (TPSA) is 45.6 Å². The number of hydrogen-bond acceptors (Lipinski definition) is 3. The van der Waals surface area contributed by atoms with Gasteiger partial charge < -0.3 is 14.4 Å². The lowest BCUT2D eigenvalue weighted by Crippen LogP contribution is -2.35. The Balaban J connectivity index is 1.84. The van der Waals surface area contributed by atoms with E-state index in [4.69, 9.17) is 0 Å². The molecule has 0 N–H and O–H groups in total. The molecular formula is C21H33N3O2. The molecule has 1 saturated heterocycles. The quantitative estimate of drug-likeness (QED) is 0.785. The summed E-state index contributed by atoms with van der Waals surface area (Å²) in [4.78, 5) is 29.8. The molecule has 1 aromatic heterocycles. The minimum atomic E-state index is 0.172. The number of carbonyl (C=O) groups excluding carboxylic acids is 2. The van der Waals surface area contributed by atoms with E-state index >= 15 is 0 Å². The average molecular weight is 360 g/mol. The maximum atomic E-state index is 12.9. The first-order chi connectivity index (χ1) is 12.4. The summed E-state index contributed by atoms with van der Waals surface area (Å²) in [5.74, 6) is 0.409. The molecule has 1 atom stereocenters. The third-order valence-electron chi connectivity index (χ3n) is 6.16. The molecule has 26 heavy (non-hydrogen) atoms. The van der Waals surface area contributed by atoms with Gasteiger partial charge in [0.2, 0.25) is 5.91 Å². The van der Waals surface area contributed by atoms with E-state index in [0.29, 0.717) is 18.9 Å². The molecule has 0 radical (unpaired) electrons. The molecule has 1 aliphatic heterocycles. The van der Waals surface area contributed by atoms with Gasteiger partial charge in [0, 0.05) is 49.0 Å². The zero-order valence-electron chi connectivity index (χ0n) is 16.8. The van der Waals surface area contributed by atoms with E-state index < -0.39 is 0 Å². The van der Waals surface area contributed by atoms with Gasteiger partial charge in [-0.1, -0.05) is 13.3 Å². The van der Waals surface area contributed by atoms with Gasteiger partial charge in [-0.05, 0) is 52.3 Å². The predicted molar refractivity (Wildman–Crippen MR) is 104 cm³/mol. The molecule has 1 amide bonds. The highest BCUT2D eigenvalue weighted by Crippen LogP contribution is 2.31. The first-order valence-electron chi connectivity index (χ1n) is 10.1. The number of unbranched alkanes of at least 4 members (excludes halogenated alkanes) is 1. The minimum Gasteiger partial charge on any atom is -0.348 e. The van der Waals surface area contributed by atoms with Crippen molar-refractivity contribution in [3.8, 4) is 0 Å². The Morgan fingerprint density at radius 2 is 2.04 bits per heavy atom. The molecular weight excluding hydrogens is 326 g/mol. The van der Waals surface area contributed by atoms with Gasteiger partial charge in [0.15, 0.2) is 5.78 Å². The van der Waals surface area contributed by atoms with Gasteiger partial charge >= 0.3 is 0 Å². The van der Waals surface area contributed by atoms with Crippen LogP contribution >= 0.6 is 0 Å². The third kappa shape index (κ3) is 3.59. The lowest BCUT2D eigenvalue weighted by molar-refractivity contribution is -0.129. The fraction of sp³-hybridized carbons (Fsp3) is 0.714. The fourth-order valence-corrected chi connectivity index (χ4v) is 4.47. The Labute approximate surface area is 157 Å². The van der Waals surface area contributed by atoms with Crippen LogP contribution in [-0.2, 0) is 24.2 Å². The largest absolute Gasteiger partial charge is 0.348 e. The summed E-state index contributed by atoms with van der Waals surface area (Å²) in [7, 11) is 4.15. The van der Waals surface area contributed by atoms with Crippen molar-refractivity contribution in [2.45, 2.75) is 71.4 Å². The lowest BCUT2D eigenvalue weighted by Gasteiger charge is -2.21. The summed E-state index contributed by atoms with van der Waals surface area (Å²) in [6, 6.07) is 0.449. The summed E-state index contributed by atoms with van der Waals surface area (Å²) in [5.41, 5.74) is 4.19. The summed E-state index contributed by atoms with van der Waals surface area (Å²) < 4.78 is 2.32. The molecule has 1 fully saturated rings. The number of amides is 1. The van der Waals surface area contributed by atoms with E-state index in [1.807, 2.05) is 4.90 Å². The molecule has 0 aromatic carbocycles. The van der Waals surface area contributed by atoms with Crippen molar-refractivity contribution in [1.29, 1.82) is 0 Å². The maximum Gasteiger partial charge on any atom is 0.227 e. The Morgan fingerprint density at radius 1 is 1.27 bits per heavy atom. The van der Waals surface area contributed by atoms with Gasteiger partial charge in [0.05, 0.1) is 6.42 Å². The van der Waals surface area contributed by atoms with Crippen LogP contribution in [0.3, 0.4) is 0 Å². The van der Waals surface area contributed by atoms with Crippen molar-refractivity contribution >= 4 is 11.7 Å². The number of rotatable bonds is 6. The highest BCUT2D eigenvalue weighted by molar-refractivity contribution is 6.01. The molecule has 1 aliphatic carbocycles. The SMILES string of the molecule is CCCCn1c(C)c(CC(=O)N2CC[C@H](N(C)C)C2)c2c1CCCC2=O. The van der Waals surface area contributed by atoms with Crippen LogP contribution in [0.2, 0.25) is 0 Å². The van der Waals surface area contributed by atoms with E-state index in [2.05, 4.69) is 37.4 Å². The molecule has 2 aliphatic rings. The van der Waals surface area contributed by atoms with Crippen LogP contribution in [0.5, 0.6) is 0 Å². The minimum absolute atomic E-state index is 0.172. The van der Waals surface area contributed by atoms with Crippen molar-refractivity contribution in [2.24, 2.45) is 0 Å². The normalized spacial score (nSPS) is 20.1. The molecule has 144 valence electrons. The zero-order chi connectivity index (χ0) is 18.8. The highest BCUT2D eigenvalue weighted by atomic mass is 16.2. The lowest BCUT2D eigenvalue weighted by atomic mass is 9.92. The number of fused-ring (bicyclic) bond motifs is 1. The van der Waals surface area contributed by atoms with Crippen molar-refractivity contribution in [2.75, 3.05) is 27.2 Å². The van der Waals surface area contributed by atoms with E-state index in [-0.39, 0.29) is 11.7 Å². The molecule has 2 heterocycles. The number of hydrogen-bond donors (Lipinski definition) is 0. The number of ketones is 1. The van der Waals surface area contributed by atoms with Crippen LogP contribution in [0, 0.1) is 6.92 Å². The number of Topliss-reactive ketones (excluding diaryl/α,β-unsaturated/α-hetero) is 1. The van der Waals surface area contributed by atoms with Gasteiger partial charge in [0.1, 0.15) is 0 Å². The summed E-state index contributed by atoms with van der Waals surface area (Å²) >= 11 is 0. The number of aromatic nitrogens is 1. The maximum absolute atomic E-state index is 12.9. The van der Waals surface area contributed by atoms with Crippen LogP contribution in [-0.4, -0.2) is 59.3 Å². The molecule has 3 rings (SSSR count). The molecule has 0 unspecified atom stereocenters. The van der Waals surface area contributed by atoms with Gasteiger partial charge in [-0.25, -0.2) is 0 Å². The van der Waals surface area contributed by atoms with E-state index in [9.17, 15) is 9.59 Å². The van der Waals surface area contributed by atoms with Crippen molar-refractivity contribution < 1.29 is 9.59 Å². The van der Waals surface area contributed by atoms with Gasteiger partial charge in [-0.3, -0.25) is 9.59 Å². The standard InChI is InChI=1S/C21H33N3O2/c1-5-6-11-24-15(2)17(21-18(24)8-7-9-19(21)25)13-20(26)23-12-10-16(14-23)22(3)4/h16H,5-14H2,1-4H3/t16-/m0/s1. The molecule has 1 aromatic rings.